The van der Waals surface area contributed by atoms with Gasteiger partial charge in [0, 0.05) is 18.9 Å². The van der Waals surface area contributed by atoms with Gasteiger partial charge in [-0.1, -0.05) is 0 Å². The van der Waals surface area contributed by atoms with Gasteiger partial charge in [0.2, 0.25) is 0 Å². The smallest absolute Gasteiger partial charge is 0.0882 e. The number of rotatable bonds is 8. The SMILES string of the molecule is OCC(CO)(CO)NCC(O)Cn1cccn1. The maximum atomic E-state index is 9.70. The summed E-state index contributed by atoms with van der Waals surface area (Å²) in [5.74, 6) is 0. The monoisotopic (exact) mass is 245 g/mol. The van der Waals surface area contributed by atoms with Crippen molar-refractivity contribution in [3.63, 3.8) is 0 Å². The summed E-state index contributed by atoms with van der Waals surface area (Å²) in [6, 6.07) is 1.75. The molecule has 5 N–H and O–H groups in total. The Kier molecular flexibility index (Phi) is 5.52. The van der Waals surface area contributed by atoms with E-state index in [1.165, 1.54) is 0 Å². The van der Waals surface area contributed by atoms with Gasteiger partial charge in [0.1, 0.15) is 0 Å². The molecule has 1 unspecified atom stereocenters. The first-order chi connectivity index (χ1) is 8.15. The molecule has 0 fully saturated rings. The minimum atomic E-state index is -1.16. The van der Waals surface area contributed by atoms with Crippen LogP contribution >= 0.6 is 0 Å². The minimum Gasteiger partial charge on any atom is -0.394 e. The molecule has 98 valence electrons. The van der Waals surface area contributed by atoms with Gasteiger partial charge in [0.25, 0.3) is 0 Å². The normalized spacial score (nSPS) is 13.9. The number of hydrogen-bond acceptors (Lipinski definition) is 6. The van der Waals surface area contributed by atoms with E-state index in [1.807, 2.05) is 0 Å². The van der Waals surface area contributed by atoms with Gasteiger partial charge in [-0.15, -0.1) is 0 Å². The molecule has 1 rings (SSSR count). The second kappa shape index (κ2) is 6.67. The molecule has 1 aromatic rings. The number of β-amino-alcohol motifs (C(OH)–C–C–N with tert-alkyl or cyclic N) is 1. The summed E-state index contributed by atoms with van der Waals surface area (Å²) in [5, 5.41) is 43.6. The number of nitrogens with one attached hydrogen (secondary N) is 1. The van der Waals surface area contributed by atoms with E-state index in [0.717, 1.165) is 0 Å². The van der Waals surface area contributed by atoms with Crippen molar-refractivity contribution in [3.05, 3.63) is 18.5 Å². The van der Waals surface area contributed by atoms with Crippen LogP contribution in [0.25, 0.3) is 0 Å². The van der Waals surface area contributed by atoms with E-state index in [1.54, 1.807) is 23.1 Å². The minimum absolute atomic E-state index is 0.140. The number of aliphatic hydroxyl groups is 4. The fourth-order valence-corrected chi connectivity index (χ4v) is 1.34. The van der Waals surface area contributed by atoms with Crippen LogP contribution in [0.2, 0.25) is 0 Å². The molecular weight excluding hydrogens is 226 g/mol. The molecule has 0 bridgehead atoms. The lowest BCUT2D eigenvalue weighted by Crippen LogP contribution is -2.56. The van der Waals surface area contributed by atoms with Crippen molar-refractivity contribution in [3.8, 4) is 0 Å². The molecule has 0 radical (unpaired) electrons. The second-order valence-electron chi connectivity index (χ2n) is 4.02. The summed E-state index contributed by atoms with van der Waals surface area (Å²) in [4.78, 5) is 0. The summed E-state index contributed by atoms with van der Waals surface area (Å²) in [6.45, 7) is -0.780. The van der Waals surface area contributed by atoms with E-state index in [-0.39, 0.29) is 6.54 Å². The summed E-state index contributed by atoms with van der Waals surface area (Å²) in [6.07, 6.45) is 2.61. The van der Waals surface area contributed by atoms with Gasteiger partial charge in [-0.3, -0.25) is 4.68 Å². The first-order valence-corrected chi connectivity index (χ1v) is 5.39. The number of aromatic nitrogens is 2. The third-order valence-electron chi connectivity index (χ3n) is 2.58. The van der Waals surface area contributed by atoms with Crippen molar-refractivity contribution >= 4 is 0 Å². The zero-order valence-electron chi connectivity index (χ0n) is 9.53. The van der Waals surface area contributed by atoms with Gasteiger partial charge < -0.3 is 25.7 Å². The molecule has 0 aliphatic rings. The van der Waals surface area contributed by atoms with Crippen LogP contribution in [0.5, 0.6) is 0 Å². The van der Waals surface area contributed by atoms with Gasteiger partial charge in [-0.05, 0) is 6.07 Å². The Morgan fingerprint density at radius 2 is 1.88 bits per heavy atom. The molecule has 0 saturated heterocycles. The van der Waals surface area contributed by atoms with Crippen molar-refractivity contribution in [2.75, 3.05) is 26.4 Å². The van der Waals surface area contributed by atoms with Crippen LogP contribution in [-0.4, -0.2) is 68.2 Å². The molecule has 0 spiro atoms. The zero-order valence-corrected chi connectivity index (χ0v) is 9.53. The van der Waals surface area contributed by atoms with Crippen LogP contribution in [0.3, 0.4) is 0 Å². The third kappa shape index (κ3) is 4.06. The topological polar surface area (TPSA) is 111 Å². The fraction of sp³-hybridized carbons (Fsp3) is 0.700. The molecule has 1 atom stereocenters. The Hall–Kier alpha value is -0.990. The largest absolute Gasteiger partial charge is 0.394 e. The Morgan fingerprint density at radius 1 is 1.24 bits per heavy atom. The lowest BCUT2D eigenvalue weighted by Gasteiger charge is -2.29. The number of nitrogens with zero attached hydrogens (tertiary/aromatic N) is 2. The Morgan fingerprint density at radius 3 is 2.35 bits per heavy atom. The first-order valence-electron chi connectivity index (χ1n) is 5.39. The van der Waals surface area contributed by atoms with Gasteiger partial charge in [-0.25, -0.2) is 0 Å². The molecule has 0 aliphatic carbocycles. The predicted molar refractivity (Wildman–Crippen MR) is 60.2 cm³/mol. The standard InChI is InChI=1S/C10H19N3O4/c14-6-10(7-15,8-16)11-4-9(17)5-13-3-1-2-12-13/h1-3,9,11,14-17H,4-8H2. The molecule has 7 heteroatoms. The van der Waals surface area contributed by atoms with E-state index in [0.29, 0.717) is 6.54 Å². The van der Waals surface area contributed by atoms with Crippen LogP contribution in [-0.2, 0) is 6.54 Å². The van der Waals surface area contributed by atoms with E-state index in [2.05, 4.69) is 10.4 Å². The lowest BCUT2D eigenvalue weighted by molar-refractivity contribution is 0.0302. The molecule has 1 aromatic heterocycles. The van der Waals surface area contributed by atoms with Crippen molar-refractivity contribution in [1.82, 2.24) is 15.1 Å². The van der Waals surface area contributed by atoms with Crippen molar-refractivity contribution in [1.29, 1.82) is 0 Å². The third-order valence-corrected chi connectivity index (χ3v) is 2.58. The Bertz CT molecular complexity index is 292. The van der Waals surface area contributed by atoms with Gasteiger partial charge >= 0.3 is 0 Å². The highest BCUT2D eigenvalue weighted by Crippen LogP contribution is 2.02. The van der Waals surface area contributed by atoms with Crippen molar-refractivity contribution in [2.24, 2.45) is 0 Å². The van der Waals surface area contributed by atoms with Gasteiger partial charge in [0.05, 0.1) is 38.0 Å². The number of hydrogen-bond donors (Lipinski definition) is 5. The molecule has 17 heavy (non-hydrogen) atoms. The Balaban J connectivity index is 2.38. The molecule has 0 aromatic carbocycles. The van der Waals surface area contributed by atoms with Crippen LogP contribution in [0.15, 0.2) is 18.5 Å². The summed E-state index contributed by atoms with van der Waals surface area (Å²) in [7, 11) is 0. The van der Waals surface area contributed by atoms with E-state index in [4.69, 9.17) is 15.3 Å². The van der Waals surface area contributed by atoms with Crippen LogP contribution in [0, 0.1) is 0 Å². The Labute approximate surface area is 99.3 Å². The quantitative estimate of drug-likeness (QED) is 0.348. The molecule has 0 saturated carbocycles. The highest BCUT2D eigenvalue weighted by molar-refractivity contribution is 4.87. The van der Waals surface area contributed by atoms with Crippen molar-refractivity contribution < 1.29 is 20.4 Å². The van der Waals surface area contributed by atoms with Gasteiger partial charge in [-0.2, -0.15) is 5.10 Å². The van der Waals surface area contributed by atoms with E-state index < -0.39 is 31.5 Å². The first kappa shape index (κ1) is 14.1. The van der Waals surface area contributed by atoms with Crippen LogP contribution in [0.1, 0.15) is 0 Å². The summed E-state index contributed by atoms with van der Waals surface area (Å²) >= 11 is 0. The second-order valence-corrected chi connectivity index (χ2v) is 4.02. The highest BCUT2D eigenvalue weighted by atomic mass is 16.3. The molecule has 1 heterocycles. The highest BCUT2D eigenvalue weighted by Gasteiger charge is 2.27. The molecule has 0 amide bonds. The fourth-order valence-electron chi connectivity index (χ4n) is 1.34. The molecular formula is C10H19N3O4. The van der Waals surface area contributed by atoms with Gasteiger partial charge in [0.15, 0.2) is 0 Å². The predicted octanol–water partition coefficient (Wildman–Crippen LogP) is -2.45. The lowest BCUT2D eigenvalue weighted by atomic mass is 10.0. The molecule has 0 aliphatic heterocycles. The summed E-state index contributed by atoms with van der Waals surface area (Å²) in [5.41, 5.74) is -1.16. The maximum Gasteiger partial charge on any atom is 0.0882 e. The van der Waals surface area contributed by atoms with Crippen LogP contribution < -0.4 is 5.32 Å². The van der Waals surface area contributed by atoms with E-state index in [9.17, 15) is 5.11 Å². The van der Waals surface area contributed by atoms with Crippen molar-refractivity contribution in [2.45, 2.75) is 18.2 Å². The summed E-state index contributed by atoms with van der Waals surface area (Å²) < 4.78 is 1.57. The average Bonchev–Trinajstić information content (AvgIpc) is 2.84. The average molecular weight is 245 g/mol. The number of aliphatic hydroxyl groups excluding tert-OH is 4. The maximum absolute atomic E-state index is 9.70. The molecule has 7 nitrogen and oxygen atoms in total. The van der Waals surface area contributed by atoms with E-state index >= 15 is 0 Å². The van der Waals surface area contributed by atoms with Crippen LogP contribution in [0.4, 0.5) is 0 Å². The zero-order chi connectivity index (χ0) is 12.7.